The fourth-order valence-corrected chi connectivity index (χ4v) is 6.61. The van der Waals surface area contributed by atoms with E-state index in [4.69, 9.17) is 23.2 Å². The highest BCUT2D eigenvalue weighted by Crippen LogP contribution is 2.33. The summed E-state index contributed by atoms with van der Waals surface area (Å²) in [4.78, 5) is 4.45. The number of rotatable bonds is 4. The van der Waals surface area contributed by atoms with Crippen LogP contribution in [0.1, 0.15) is 5.56 Å². The third-order valence-electron chi connectivity index (χ3n) is 5.46. The smallest absolute Gasteiger partial charge is 0.286 e. The number of nitrogens with zero attached hydrogens (tertiary/aromatic N) is 3. The number of sulfonamides is 1. The van der Waals surface area contributed by atoms with Gasteiger partial charge in [0.25, 0.3) is 10.0 Å². The number of aryl methyl sites for hydroxylation is 1. The molecule has 1 N–H and O–H groups in total. The summed E-state index contributed by atoms with van der Waals surface area (Å²) in [6.07, 6.45) is 1.18. The second kappa shape index (κ2) is 8.49. The summed E-state index contributed by atoms with van der Waals surface area (Å²) >= 11 is 12.3. The first-order valence-corrected chi connectivity index (χ1v) is 13.9. The van der Waals surface area contributed by atoms with Crippen molar-refractivity contribution >= 4 is 60.3 Å². The standard InChI is InChI=1S/C20H22Cl2N4O4S2/c1-13-9-15(22)17(11-18(13)31(2,27)28)26-7-5-25(6-8-26)12-20-23-16-4-3-14(21)10-19(16)32(29,30)24-20/h3-4,9-11H,5-8,12H2,1-2H3,(H,23,24). The molecule has 4 rings (SSSR count). The normalized spacial score (nSPS) is 18.6. The molecule has 0 aromatic heterocycles. The SMILES string of the molecule is Cc1cc(Cl)c(N2CCN(CC3=NS(=O)(=O)c4cc(Cl)ccc4N3)CC2)cc1S(C)(=O)=O. The predicted octanol–water partition coefficient (Wildman–Crippen LogP) is 3.04. The van der Waals surface area contributed by atoms with Crippen LogP contribution < -0.4 is 10.2 Å². The van der Waals surface area contributed by atoms with Crippen LogP contribution in [0.15, 0.2) is 44.5 Å². The first kappa shape index (κ1) is 23.3. The number of amidine groups is 1. The van der Waals surface area contributed by atoms with E-state index in [1.165, 1.54) is 12.3 Å². The van der Waals surface area contributed by atoms with Gasteiger partial charge in [-0.1, -0.05) is 23.2 Å². The van der Waals surface area contributed by atoms with Crippen LogP contribution in [0.5, 0.6) is 0 Å². The minimum absolute atomic E-state index is 0.0641. The Labute approximate surface area is 197 Å². The third kappa shape index (κ3) is 4.74. The average molecular weight is 517 g/mol. The molecule has 0 bridgehead atoms. The zero-order valence-electron chi connectivity index (χ0n) is 17.5. The van der Waals surface area contributed by atoms with Crippen LogP contribution >= 0.6 is 23.2 Å². The second-order valence-corrected chi connectivity index (χ2v) is 12.3. The zero-order valence-corrected chi connectivity index (χ0v) is 20.6. The number of sulfone groups is 1. The number of nitrogens with one attached hydrogen (secondary N) is 1. The van der Waals surface area contributed by atoms with E-state index in [-0.39, 0.29) is 9.79 Å². The molecule has 0 aliphatic carbocycles. The lowest BCUT2D eigenvalue weighted by atomic mass is 10.2. The highest BCUT2D eigenvalue weighted by Gasteiger charge is 2.28. The van der Waals surface area contributed by atoms with Crippen molar-refractivity contribution in [2.24, 2.45) is 4.40 Å². The maximum Gasteiger partial charge on any atom is 0.286 e. The first-order valence-electron chi connectivity index (χ1n) is 9.82. The molecule has 0 saturated carbocycles. The van der Waals surface area contributed by atoms with Crippen molar-refractivity contribution in [3.05, 3.63) is 45.9 Å². The van der Waals surface area contributed by atoms with Gasteiger partial charge in [-0.3, -0.25) is 4.90 Å². The van der Waals surface area contributed by atoms with Gasteiger partial charge in [0.1, 0.15) is 10.7 Å². The van der Waals surface area contributed by atoms with Crippen molar-refractivity contribution in [2.45, 2.75) is 16.7 Å². The molecule has 0 amide bonds. The first-order chi connectivity index (χ1) is 14.9. The van der Waals surface area contributed by atoms with Gasteiger partial charge in [0.2, 0.25) is 0 Å². The zero-order chi connectivity index (χ0) is 23.3. The van der Waals surface area contributed by atoms with Gasteiger partial charge < -0.3 is 10.2 Å². The van der Waals surface area contributed by atoms with Gasteiger partial charge in [0.15, 0.2) is 9.84 Å². The van der Waals surface area contributed by atoms with Gasteiger partial charge in [-0.2, -0.15) is 8.42 Å². The lowest BCUT2D eigenvalue weighted by molar-refractivity contribution is 0.291. The molecule has 1 saturated heterocycles. The molecule has 172 valence electrons. The van der Waals surface area contributed by atoms with Gasteiger partial charge in [-0.25, -0.2) is 8.42 Å². The van der Waals surface area contributed by atoms with Gasteiger partial charge in [-0.15, -0.1) is 4.40 Å². The summed E-state index contributed by atoms with van der Waals surface area (Å²) in [6, 6.07) is 7.94. The van der Waals surface area contributed by atoms with Crippen molar-refractivity contribution in [1.29, 1.82) is 0 Å². The van der Waals surface area contributed by atoms with Gasteiger partial charge in [0, 0.05) is 37.5 Å². The number of anilines is 2. The summed E-state index contributed by atoms with van der Waals surface area (Å²) in [5.41, 5.74) is 1.75. The fraction of sp³-hybridized carbons (Fsp3) is 0.350. The lowest BCUT2D eigenvalue weighted by Crippen LogP contribution is -2.49. The number of halogens is 2. The molecular weight excluding hydrogens is 495 g/mol. The molecule has 12 heteroatoms. The van der Waals surface area contributed by atoms with Crippen LogP contribution in [-0.4, -0.2) is 66.6 Å². The average Bonchev–Trinajstić information content (AvgIpc) is 2.68. The number of hydrogen-bond donors (Lipinski definition) is 1. The van der Waals surface area contributed by atoms with E-state index in [1.54, 1.807) is 31.2 Å². The van der Waals surface area contributed by atoms with Crippen molar-refractivity contribution < 1.29 is 16.8 Å². The summed E-state index contributed by atoms with van der Waals surface area (Å²) in [6.45, 7) is 4.54. The summed E-state index contributed by atoms with van der Waals surface area (Å²) in [5, 5.41) is 3.91. The number of benzene rings is 2. The van der Waals surface area contributed by atoms with Gasteiger partial charge in [0.05, 0.1) is 27.8 Å². The van der Waals surface area contributed by atoms with E-state index < -0.39 is 19.9 Å². The van der Waals surface area contributed by atoms with Crippen LogP contribution in [0.2, 0.25) is 10.0 Å². The fourth-order valence-electron chi connectivity index (χ4n) is 3.90. The van der Waals surface area contributed by atoms with Crippen LogP contribution in [0.3, 0.4) is 0 Å². The largest absolute Gasteiger partial charge is 0.368 e. The van der Waals surface area contributed by atoms with Crippen LogP contribution in [0, 0.1) is 6.92 Å². The quantitative estimate of drug-likeness (QED) is 0.666. The molecule has 32 heavy (non-hydrogen) atoms. The number of piperazine rings is 1. The van der Waals surface area contributed by atoms with Crippen LogP contribution in [0.4, 0.5) is 11.4 Å². The maximum absolute atomic E-state index is 12.5. The number of fused-ring (bicyclic) bond motifs is 1. The molecule has 0 spiro atoms. The third-order valence-corrected chi connectivity index (χ3v) is 8.59. The summed E-state index contributed by atoms with van der Waals surface area (Å²) < 4.78 is 53.1. The Bertz CT molecular complexity index is 1320. The summed E-state index contributed by atoms with van der Waals surface area (Å²) in [5.74, 6) is 0.348. The van der Waals surface area contributed by atoms with Crippen LogP contribution in [0.25, 0.3) is 0 Å². The molecule has 2 aromatic rings. The summed E-state index contributed by atoms with van der Waals surface area (Å²) in [7, 11) is -7.18. The highest BCUT2D eigenvalue weighted by molar-refractivity contribution is 7.91. The van der Waals surface area contributed by atoms with E-state index >= 15 is 0 Å². The topological polar surface area (TPSA) is 99.1 Å². The molecule has 0 unspecified atom stereocenters. The Hall–Kier alpha value is -1.85. The lowest BCUT2D eigenvalue weighted by Gasteiger charge is -2.37. The maximum atomic E-state index is 12.5. The minimum atomic E-state index is -3.82. The van der Waals surface area contributed by atoms with Crippen molar-refractivity contribution in [3.8, 4) is 0 Å². The second-order valence-electron chi connectivity index (χ2n) is 7.88. The Morgan fingerprint density at radius 1 is 1.09 bits per heavy atom. The van der Waals surface area contributed by atoms with E-state index in [0.717, 1.165) is 0 Å². The predicted molar refractivity (Wildman–Crippen MR) is 128 cm³/mol. The van der Waals surface area contributed by atoms with Crippen molar-refractivity contribution in [3.63, 3.8) is 0 Å². The van der Waals surface area contributed by atoms with E-state index in [0.29, 0.717) is 65.5 Å². The molecule has 2 heterocycles. The Morgan fingerprint density at radius 2 is 1.78 bits per heavy atom. The van der Waals surface area contributed by atoms with E-state index in [1.807, 2.05) is 4.90 Å². The molecule has 2 aliphatic heterocycles. The highest BCUT2D eigenvalue weighted by atomic mass is 35.5. The van der Waals surface area contributed by atoms with Gasteiger partial charge in [-0.05, 0) is 42.8 Å². The number of hydrogen-bond acceptors (Lipinski definition) is 7. The molecule has 2 aromatic carbocycles. The Kier molecular flexibility index (Phi) is 6.19. The van der Waals surface area contributed by atoms with Crippen molar-refractivity contribution in [1.82, 2.24) is 4.90 Å². The molecule has 8 nitrogen and oxygen atoms in total. The van der Waals surface area contributed by atoms with Crippen molar-refractivity contribution in [2.75, 3.05) is 49.2 Å². The monoisotopic (exact) mass is 516 g/mol. The molecule has 0 atom stereocenters. The minimum Gasteiger partial charge on any atom is -0.368 e. The molecule has 0 radical (unpaired) electrons. The van der Waals surface area contributed by atoms with Gasteiger partial charge >= 0.3 is 0 Å². The Balaban J connectivity index is 1.47. The van der Waals surface area contributed by atoms with E-state index in [9.17, 15) is 16.8 Å². The molecular formula is C20H22Cl2N4O4S2. The Morgan fingerprint density at radius 3 is 2.44 bits per heavy atom. The molecule has 1 fully saturated rings. The molecule has 2 aliphatic rings. The van der Waals surface area contributed by atoms with E-state index in [2.05, 4.69) is 14.6 Å². The van der Waals surface area contributed by atoms with Crippen LogP contribution in [-0.2, 0) is 19.9 Å².